The zero-order valence-corrected chi connectivity index (χ0v) is 12.5. The van der Waals surface area contributed by atoms with E-state index in [0.717, 1.165) is 20.1 Å². The molecule has 2 aromatic rings. The maximum atomic E-state index is 6.06. The molecule has 1 aromatic carbocycles. The SMILES string of the molecule is CNC(C)c1nnc(-c2ccc(Br)c(Cl)c2)s1. The van der Waals surface area contributed by atoms with E-state index in [9.17, 15) is 0 Å². The third kappa shape index (κ3) is 2.85. The molecule has 1 atom stereocenters. The molecule has 1 aromatic heterocycles. The zero-order valence-electron chi connectivity index (χ0n) is 9.37. The summed E-state index contributed by atoms with van der Waals surface area (Å²) < 4.78 is 0.885. The van der Waals surface area contributed by atoms with Gasteiger partial charge in [-0.15, -0.1) is 10.2 Å². The Kier molecular flexibility index (Phi) is 4.14. The average molecular weight is 333 g/mol. The van der Waals surface area contributed by atoms with Crippen molar-refractivity contribution in [3.05, 3.63) is 32.7 Å². The normalized spacial score (nSPS) is 12.7. The van der Waals surface area contributed by atoms with Crippen LogP contribution in [0.2, 0.25) is 5.02 Å². The summed E-state index contributed by atoms with van der Waals surface area (Å²) in [6.45, 7) is 2.05. The molecule has 1 heterocycles. The number of benzene rings is 1. The fourth-order valence-electron chi connectivity index (χ4n) is 1.28. The maximum absolute atomic E-state index is 6.06. The minimum absolute atomic E-state index is 0.215. The van der Waals surface area contributed by atoms with E-state index >= 15 is 0 Å². The van der Waals surface area contributed by atoms with Crippen molar-refractivity contribution in [1.82, 2.24) is 15.5 Å². The minimum atomic E-state index is 0.215. The summed E-state index contributed by atoms with van der Waals surface area (Å²) in [5, 5.41) is 14.0. The molecule has 1 N–H and O–H groups in total. The molecular weight excluding hydrogens is 322 g/mol. The summed E-state index contributed by atoms with van der Waals surface area (Å²) in [4.78, 5) is 0. The van der Waals surface area contributed by atoms with E-state index < -0.39 is 0 Å². The molecule has 0 fully saturated rings. The topological polar surface area (TPSA) is 37.8 Å². The van der Waals surface area contributed by atoms with Crippen molar-refractivity contribution in [2.75, 3.05) is 7.05 Å². The number of hydrogen-bond acceptors (Lipinski definition) is 4. The second-order valence-electron chi connectivity index (χ2n) is 3.58. The van der Waals surface area contributed by atoms with E-state index in [-0.39, 0.29) is 6.04 Å². The lowest BCUT2D eigenvalue weighted by atomic mass is 10.2. The second-order valence-corrected chi connectivity index (χ2v) is 5.86. The number of hydrogen-bond donors (Lipinski definition) is 1. The van der Waals surface area contributed by atoms with Gasteiger partial charge in [-0.1, -0.05) is 29.0 Å². The van der Waals surface area contributed by atoms with E-state index in [1.165, 1.54) is 0 Å². The Hall–Kier alpha value is -0.490. The molecule has 0 aliphatic heterocycles. The van der Waals surface area contributed by atoms with Crippen LogP contribution in [0.3, 0.4) is 0 Å². The number of nitrogens with zero attached hydrogens (tertiary/aromatic N) is 2. The molecule has 1 unspecified atom stereocenters. The van der Waals surface area contributed by atoms with Crippen LogP contribution in [0.4, 0.5) is 0 Å². The van der Waals surface area contributed by atoms with Crippen molar-refractivity contribution in [3.63, 3.8) is 0 Å². The summed E-state index contributed by atoms with van der Waals surface area (Å²) in [5.41, 5.74) is 0.991. The zero-order chi connectivity index (χ0) is 12.4. The van der Waals surface area contributed by atoms with Crippen LogP contribution >= 0.6 is 38.9 Å². The molecule has 90 valence electrons. The Morgan fingerprint density at radius 1 is 1.41 bits per heavy atom. The number of halogens is 2. The number of rotatable bonds is 3. The monoisotopic (exact) mass is 331 g/mol. The molecule has 0 spiro atoms. The van der Waals surface area contributed by atoms with Crippen LogP contribution in [0.25, 0.3) is 10.6 Å². The molecule has 0 saturated heterocycles. The number of nitrogens with one attached hydrogen (secondary N) is 1. The Balaban J connectivity index is 2.33. The highest BCUT2D eigenvalue weighted by molar-refractivity contribution is 9.10. The van der Waals surface area contributed by atoms with E-state index in [0.29, 0.717) is 5.02 Å². The smallest absolute Gasteiger partial charge is 0.147 e. The van der Waals surface area contributed by atoms with Crippen LogP contribution in [0.1, 0.15) is 18.0 Å². The van der Waals surface area contributed by atoms with Gasteiger partial charge in [0.2, 0.25) is 0 Å². The molecule has 0 aliphatic rings. The van der Waals surface area contributed by atoms with E-state index in [4.69, 9.17) is 11.6 Å². The molecule has 0 saturated carbocycles. The summed E-state index contributed by atoms with van der Waals surface area (Å²) in [7, 11) is 1.90. The van der Waals surface area contributed by atoms with E-state index in [1.807, 2.05) is 25.2 Å². The first-order valence-corrected chi connectivity index (χ1v) is 7.06. The summed E-state index contributed by atoms with van der Waals surface area (Å²) in [5.74, 6) is 0. The largest absolute Gasteiger partial charge is 0.311 e. The first-order valence-electron chi connectivity index (χ1n) is 5.08. The van der Waals surface area contributed by atoms with Gasteiger partial charge in [0, 0.05) is 10.0 Å². The summed E-state index contributed by atoms with van der Waals surface area (Å²) >= 11 is 11.0. The third-order valence-electron chi connectivity index (χ3n) is 2.41. The highest BCUT2D eigenvalue weighted by Crippen LogP contribution is 2.31. The Morgan fingerprint density at radius 2 is 2.18 bits per heavy atom. The summed E-state index contributed by atoms with van der Waals surface area (Å²) in [6, 6.07) is 6.00. The van der Waals surface area contributed by atoms with Gasteiger partial charge in [0.15, 0.2) is 0 Å². The molecule has 2 rings (SSSR count). The first kappa shape index (κ1) is 13.0. The predicted octanol–water partition coefficient (Wildman–Crippen LogP) is 3.90. The third-order valence-corrected chi connectivity index (χ3v) is 4.80. The fourth-order valence-corrected chi connectivity index (χ4v) is 2.61. The quantitative estimate of drug-likeness (QED) is 0.926. The molecule has 0 radical (unpaired) electrons. The molecular formula is C11H11BrClN3S. The minimum Gasteiger partial charge on any atom is -0.311 e. The van der Waals surface area contributed by atoms with Crippen LogP contribution in [-0.4, -0.2) is 17.2 Å². The molecule has 6 heteroatoms. The van der Waals surface area contributed by atoms with Gasteiger partial charge in [0.1, 0.15) is 10.0 Å². The lowest BCUT2D eigenvalue weighted by molar-refractivity contribution is 0.640. The van der Waals surface area contributed by atoms with Crippen LogP contribution in [0, 0.1) is 0 Å². The average Bonchev–Trinajstić information content (AvgIpc) is 2.81. The van der Waals surface area contributed by atoms with Crippen molar-refractivity contribution in [1.29, 1.82) is 0 Å². The summed E-state index contributed by atoms with van der Waals surface area (Å²) in [6.07, 6.45) is 0. The van der Waals surface area contributed by atoms with Crippen molar-refractivity contribution >= 4 is 38.9 Å². The highest BCUT2D eigenvalue weighted by atomic mass is 79.9. The van der Waals surface area contributed by atoms with Gasteiger partial charge < -0.3 is 5.32 Å². The Labute approximate surface area is 117 Å². The van der Waals surface area contributed by atoms with Crippen LogP contribution in [-0.2, 0) is 0 Å². The van der Waals surface area contributed by atoms with Crippen LogP contribution in [0.5, 0.6) is 0 Å². The lowest BCUT2D eigenvalue weighted by Crippen LogP contribution is -2.11. The Bertz CT molecular complexity index is 529. The molecule has 3 nitrogen and oxygen atoms in total. The van der Waals surface area contributed by atoms with Crippen molar-refractivity contribution in [2.24, 2.45) is 0 Å². The molecule has 0 amide bonds. The van der Waals surface area contributed by atoms with Crippen LogP contribution < -0.4 is 5.32 Å². The van der Waals surface area contributed by atoms with Crippen molar-refractivity contribution in [2.45, 2.75) is 13.0 Å². The standard InChI is InChI=1S/C11H11BrClN3S/c1-6(14-2)10-15-16-11(17-10)7-3-4-8(12)9(13)5-7/h3-6,14H,1-2H3. The molecule has 0 aliphatic carbocycles. The second kappa shape index (κ2) is 5.44. The van der Waals surface area contributed by atoms with Crippen molar-refractivity contribution in [3.8, 4) is 10.6 Å². The number of aromatic nitrogens is 2. The molecule has 0 bridgehead atoms. The van der Waals surface area contributed by atoms with Gasteiger partial charge in [-0.2, -0.15) is 0 Å². The fraction of sp³-hybridized carbons (Fsp3) is 0.273. The van der Waals surface area contributed by atoms with Crippen LogP contribution in [0.15, 0.2) is 22.7 Å². The van der Waals surface area contributed by atoms with Crippen molar-refractivity contribution < 1.29 is 0 Å². The molecule has 17 heavy (non-hydrogen) atoms. The lowest BCUT2D eigenvalue weighted by Gasteiger charge is -2.03. The maximum Gasteiger partial charge on any atom is 0.147 e. The Morgan fingerprint density at radius 3 is 2.82 bits per heavy atom. The van der Waals surface area contributed by atoms with Gasteiger partial charge in [-0.25, -0.2) is 0 Å². The van der Waals surface area contributed by atoms with Gasteiger partial charge in [-0.05, 0) is 42.0 Å². The van der Waals surface area contributed by atoms with Gasteiger partial charge in [-0.3, -0.25) is 0 Å². The van der Waals surface area contributed by atoms with E-state index in [2.05, 4.69) is 38.4 Å². The first-order chi connectivity index (χ1) is 8.11. The predicted molar refractivity (Wildman–Crippen MR) is 75.5 cm³/mol. The van der Waals surface area contributed by atoms with Gasteiger partial charge in [0.25, 0.3) is 0 Å². The van der Waals surface area contributed by atoms with Gasteiger partial charge in [0.05, 0.1) is 11.1 Å². The highest BCUT2D eigenvalue weighted by Gasteiger charge is 2.12. The van der Waals surface area contributed by atoms with E-state index in [1.54, 1.807) is 11.3 Å². The van der Waals surface area contributed by atoms with Gasteiger partial charge >= 0.3 is 0 Å².